The van der Waals surface area contributed by atoms with Gasteiger partial charge in [-0.3, -0.25) is 23.8 Å². The SMILES string of the molecule is C[C@@H](O[Si](C)(C)C(C)(C)C)C1C(=O)NC1[C@@H](C)C(=O)c1cn2cnc(C(=O)c3cccnc3)c2s1. The minimum atomic E-state index is -2.07. The maximum Gasteiger partial charge on any atom is 0.228 e. The quantitative estimate of drug-likeness (QED) is 0.273. The van der Waals surface area contributed by atoms with Gasteiger partial charge in [-0.25, -0.2) is 4.98 Å². The summed E-state index contributed by atoms with van der Waals surface area (Å²) in [5.41, 5.74) is 0.736. The minimum absolute atomic E-state index is 0.0240. The molecule has 1 aliphatic rings. The first-order chi connectivity index (χ1) is 16.3. The van der Waals surface area contributed by atoms with Gasteiger partial charge in [0.25, 0.3) is 0 Å². The van der Waals surface area contributed by atoms with E-state index in [0.29, 0.717) is 21.0 Å². The molecule has 1 N–H and O–H groups in total. The lowest BCUT2D eigenvalue weighted by Crippen LogP contribution is -2.66. The lowest BCUT2D eigenvalue weighted by Gasteiger charge is -2.46. The molecule has 0 bridgehead atoms. The fourth-order valence-corrected chi connectivity index (χ4v) is 6.70. The minimum Gasteiger partial charge on any atom is -0.413 e. The average molecular weight is 513 g/mol. The number of pyridine rings is 1. The summed E-state index contributed by atoms with van der Waals surface area (Å²) >= 11 is 1.24. The van der Waals surface area contributed by atoms with Crippen LogP contribution in [0.3, 0.4) is 0 Å². The van der Waals surface area contributed by atoms with Crippen LogP contribution in [0.15, 0.2) is 37.1 Å². The van der Waals surface area contributed by atoms with Gasteiger partial charge in [0.15, 0.2) is 14.1 Å². The second kappa shape index (κ2) is 9.07. The second-order valence-electron chi connectivity index (χ2n) is 10.8. The van der Waals surface area contributed by atoms with Gasteiger partial charge >= 0.3 is 0 Å². The van der Waals surface area contributed by atoms with Crippen LogP contribution >= 0.6 is 11.3 Å². The van der Waals surface area contributed by atoms with Crippen LogP contribution in [0, 0.1) is 11.8 Å². The van der Waals surface area contributed by atoms with Crippen molar-refractivity contribution in [2.75, 3.05) is 0 Å². The average Bonchev–Trinajstić information content (AvgIpc) is 3.36. The Morgan fingerprint density at radius 1 is 1.26 bits per heavy atom. The first-order valence-corrected chi connectivity index (χ1v) is 15.5. The zero-order chi connectivity index (χ0) is 25.7. The first-order valence-electron chi connectivity index (χ1n) is 11.8. The van der Waals surface area contributed by atoms with Crippen molar-refractivity contribution < 1.29 is 18.8 Å². The van der Waals surface area contributed by atoms with Crippen molar-refractivity contribution >= 4 is 42.0 Å². The third kappa shape index (κ3) is 4.62. The van der Waals surface area contributed by atoms with Crippen molar-refractivity contribution in [3.63, 3.8) is 0 Å². The zero-order valence-corrected chi connectivity index (χ0v) is 23.0. The standard InChI is InChI=1S/C25H32N4O4SSi/c1-14(19-18(23(32)28-19)15(2)33-35(6,7)25(3,4)5)21(30)17-12-29-13-27-20(24(29)34-17)22(31)16-9-8-10-26-11-16/h8-15,18-19H,1-7H3,(H,28,32)/t14-,15-,18?,19?/m1/s1. The molecule has 186 valence electrons. The highest BCUT2D eigenvalue weighted by Crippen LogP contribution is 2.40. The van der Waals surface area contributed by atoms with Gasteiger partial charge in [-0.1, -0.05) is 27.7 Å². The van der Waals surface area contributed by atoms with E-state index in [2.05, 4.69) is 49.1 Å². The predicted molar refractivity (Wildman–Crippen MR) is 137 cm³/mol. The number of aromatic nitrogens is 3. The fraction of sp³-hybridized carbons (Fsp3) is 0.480. The van der Waals surface area contributed by atoms with Crippen LogP contribution in [-0.4, -0.2) is 52.3 Å². The summed E-state index contributed by atoms with van der Waals surface area (Å²) in [5.74, 6) is -1.20. The fourth-order valence-electron chi connectivity index (χ4n) is 4.16. The Bertz CT molecular complexity index is 1280. The van der Waals surface area contributed by atoms with E-state index in [-0.39, 0.29) is 40.6 Å². The van der Waals surface area contributed by atoms with E-state index in [4.69, 9.17) is 4.43 Å². The van der Waals surface area contributed by atoms with E-state index in [1.807, 2.05) is 13.8 Å². The molecule has 8 nitrogen and oxygen atoms in total. The molecule has 0 aliphatic carbocycles. The normalized spacial score (nSPS) is 20.3. The maximum absolute atomic E-state index is 13.4. The van der Waals surface area contributed by atoms with Gasteiger partial charge in [-0.05, 0) is 37.2 Å². The molecule has 2 unspecified atom stereocenters. The summed E-state index contributed by atoms with van der Waals surface area (Å²) < 4.78 is 8.18. The molecule has 0 spiro atoms. The number of β-lactam (4-membered cyclic amide) rings is 1. The third-order valence-electron chi connectivity index (χ3n) is 7.34. The van der Waals surface area contributed by atoms with Crippen LogP contribution in [0.25, 0.3) is 4.83 Å². The van der Waals surface area contributed by atoms with E-state index in [1.54, 1.807) is 35.3 Å². The van der Waals surface area contributed by atoms with E-state index < -0.39 is 14.2 Å². The molecule has 1 aliphatic heterocycles. The van der Waals surface area contributed by atoms with Crippen LogP contribution in [0.5, 0.6) is 0 Å². The van der Waals surface area contributed by atoms with Gasteiger partial charge in [0, 0.05) is 30.1 Å². The number of amides is 1. The summed E-state index contributed by atoms with van der Waals surface area (Å²) in [4.78, 5) is 48.2. The summed E-state index contributed by atoms with van der Waals surface area (Å²) in [5, 5.41) is 2.95. The van der Waals surface area contributed by atoms with Gasteiger partial charge in [-0.2, -0.15) is 0 Å². The van der Waals surface area contributed by atoms with Crippen molar-refractivity contribution in [2.24, 2.45) is 11.8 Å². The molecule has 1 saturated heterocycles. The monoisotopic (exact) mass is 512 g/mol. The predicted octanol–water partition coefficient (Wildman–Crippen LogP) is 4.37. The van der Waals surface area contributed by atoms with Crippen molar-refractivity contribution in [3.05, 3.63) is 53.2 Å². The number of fused-ring (bicyclic) bond motifs is 1. The second-order valence-corrected chi connectivity index (χ2v) is 16.6. The largest absolute Gasteiger partial charge is 0.413 e. The Morgan fingerprint density at radius 2 is 1.97 bits per heavy atom. The molecule has 0 radical (unpaired) electrons. The van der Waals surface area contributed by atoms with E-state index in [0.717, 1.165) is 0 Å². The maximum atomic E-state index is 13.4. The molecular weight excluding hydrogens is 480 g/mol. The Hall–Kier alpha value is -2.69. The number of nitrogens with one attached hydrogen (secondary N) is 1. The van der Waals surface area contributed by atoms with Crippen molar-refractivity contribution in [1.82, 2.24) is 19.7 Å². The molecule has 10 heteroatoms. The molecule has 1 fully saturated rings. The molecule has 0 saturated carbocycles. The number of nitrogens with zero attached hydrogens (tertiary/aromatic N) is 3. The highest BCUT2D eigenvalue weighted by molar-refractivity contribution is 7.19. The van der Waals surface area contributed by atoms with Crippen LogP contribution in [0.2, 0.25) is 18.1 Å². The molecular formula is C25H32N4O4SSi. The molecule has 3 aromatic heterocycles. The number of thiazole rings is 1. The number of ketones is 2. The van der Waals surface area contributed by atoms with Crippen molar-refractivity contribution in [3.8, 4) is 0 Å². The lowest BCUT2D eigenvalue weighted by molar-refractivity contribution is -0.141. The Morgan fingerprint density at radius 3 is 2.57 bits per heavy atom. The van der Waals surface area contributed by atoms with Crippen molar-refractivity contribution in [1.29, 1.82) is 0 Å². The van der Waals surface area contributed by atoms with Crippen molar-refractivity contribution in [2.45, 2.75) is 64.9 Å². The van der Waals surface area contributed by atoms with Gasteiger partial charge < -0.3 is 9.74 Å². The van der Waals surface area contributed by atoms with Gasteiger partial charge in [0.05, 0.1) is 22.9 Å². The van der Waals surface area contributed by atoms with E-state index in [1.165, 1.54) is 17.5 Å². The number of rotatable bonds is 8. The first kappa shape index (κ1) is 25.4. The summed E-state index contributed by atoms with van der Waals surface area (Å²) in [6, 6.07) is 3.09. The number of Topliss-reactive ketones (excluding diaryl/α,β-unsaturated/α-hetero) is 1. The van der Waals surface area contributed by atoms with Crippen LogP contribution in [0.4, 0.5) is 0 Å². The van der Waals surface area contributed by atoms with E-state index in [9.17, 15) is 14.4 Å². The smallest absolute Gasteiger partial charge is 0.228 e. The highest BCUT2D eigenvalue weighted by Gasteiger charge is 2.50. The number of hydrogen-bond acceptors (Lipinski definition) is 7. The Labute approximate surface area is 210 Å². The summed E-state index contributed by atoms with van der Waals surface area (Å²) in [6.07, 6.45) is 6.07. The number of imidazole rings is 1. The van der Waals surface area contributed by atoms with Gasteiger partial charge in [0.2, 0.25) is 11.7 Å². The van der Waals surface area contributed by atoms with E-state index >= 15 is 0 Å². The molecule has 0 aromatic carbocycles. The molecule has 3 aromatic rings. The number of carbonyl (C=O) groups excluding carboxylic acids is 3. The molecule has 4 rings (SSSR count). The molecule has 35 heavy (non-hydrogen) atoms. The lowest BCUT2D eigenvalue weighted by atomic mass is 9.77. The molecule has 4 heterocycles. The van der Waals surface area contributed by atoms with Gasteiger partial charge in [-0.15, -0.1) is 11.3 Å². The number of carbonyl (C=O) groups is 3. The van der Waals surface area contributed by atoms with Crippen LogP contribution in [0.1, 0.15) is 60.3 Å². The van der Waals surface area contributed by atoms with Gasteiger partial charge in [0.1, 0.15) is 16.9 Å². The molecule has 1 amide bonds. The number of hydrogen-bond donors (Lipinski definition) is 1. The van der Waals surface area contributed by atoms with Crippen LogP contribution in [-0.2, 0) is 9.22 Å². The summed E-state index contributed by atoms with van der Waals surface area (Å²) in [6.45, 7) is 14.6. The summed E-state index contributed by atoms with van der Waals surface area (Å²) in [7, 11) is -2.07. The van der Waals surface area contributed by atoms with Crippen LogP contribution < -0.4 is 5.32 Å². The highest BCUT2D eigenvalue weighted by atomic mass is 32.1. The zero-order valence-electron chi connectivity index (χ0n) is 21.2. The molecule has 4 atom stereocenters. The third-order valence-corrected chi connectivity index (χ3v) is 13.0. The Balaban J connectivity index is 1.52. The topological polar surface area (TPSA) is 103 Å². The Kier molecular flexibility index (Phi) is 6.58.